The summed E-state index contributed by atoms with van der Waals surface area (Å²) in [5.74, 6) is 1.13. The van der Waals surface area contributed by atoms with Crippen molar-refractivity contribution in [2.24, 2.45) is 11.7 Å². The first-order valence-corrected chi connectivity index (χ1v) is 8.38. The van der Waals surface area contributed by atoms with Gasteiger partial charge in [0.2, 0.25) is 5.91 Å². The van der Waals surface area contributed by atoms with Crippen LogP contribution in [-0.2, 0) is 4.79 Å². The highest BCUT2D eigenvalue weighted by Crippen LogP contribution is 2.38. The van der Waals surface area contributed by atoms with Gasteiger partial charge in [-0.15, -0.1) is 24.2 Å². The van der Waals surface area contributed by atoms with Gasteiger partial charge in [0, 0.05) is 12.1 Å². The number of Topliss-reactive ketones (excluding diaryl/α,β-unsaturated/α-hetero) is 1. The minimum Gasteiger partial charge on any atom is -0.349 e. The number of nitrogens with one attached hydrogen (secondary N) is 1. The molecule has 122 valence electrons. The maximum atomic E-state index is 12.0. The van der Waals surface area contributed by atoms with E-state index in [1.165, 1.54) is 11.8 Å². The third-order valence-corrected chi connectivity index (χ3v) is 4.82. The molecule has 1 atom stereocenters. The number of ketones is 1. The molecule has 1 fully saturated rings. The first-order valence-electron chi connectivity index (χ1n) is 7.22. The van der Waals surface area contributed by atoms with Gasteiger partial charge in [-0.05, 0) is 25.7 Å². The first kappa shape index (κ1) is 19.0. The molecule has 6 heteroatoms. The standard InChI is InChI=1S/C16H22N2O2S.ClH/c1-16(11-17,13-7-8-13)18-15(20)10-21-9-14(19)12-5-3-2-4-6-12;/h2-6,13H,7-11,17H2,1H3,(H,18,20);1H. The van der Waals surface area contributed by atoms with Crippen LogP contribution in [0.2, 0.25) is 0 Å². The van der Waals surface area contributed by atoms with E-state index in [1.807, 2.05) is 25.1 Å². The lowest BCUT2D eigenvalue weighted by Gasteiger charge is -2.29. The van der Waals surface area contributed by atoms with E-state index in [9.17, 15) is 9.59 Å². The smallest absolute Gasteiger partial charge is 0.230 e. The van der Waals surface area contributed by atoms with Crippen LogP contribution in [0, 0.1) is 5.92 Å². The van der Waals surface area contributed by atoms with E-state index in [2.05, 4.69) is 5.32 Å². The van der Waals surface area contributed by atoms with Crippen LogP contribution in [0.3, 0.4) is 0 Å². The molecule has 0 aromatic heterocycles. The number of benzene rings is 1. The zero-order valence-electron chi connectivity index (χ0n) is 12.7. The Bertz CT molecular complexity index is 508. The lowest BCUT2D eigenvalue weighted by molar-refractivity contribution is -0.120. The van der Waals surface area contributed by atoms with Crippen molar-refractivity contribution in [3.63, 3.8) is 0 Å². The maximum Gasteiger partial charge on any atom is 0.230 e. The lowest BCUT2D eigenvalue weighted by atomic mass is 9.96. The summed E-state index contributed by atoms with van der Waals surface area (Å²) >= 11 is 1.35. The van der Waals surface area contributed by atoms with Gasteiger partial charge in [-0.25, -0.2) is 0 Å². The Hall–Kier alpha value is -1.04. The highest BCUT2D eigenvalue weighted by molar-refractivity contribution is 8.00. The van der Waals surface area contributed by atoms with Crippen molar-refractivity contribution in [3.05, 3.63) is 35.9 Å². The first-order chi connectivity index (χ1) is 10.0. The highest BCUT2D eigenvalue weighted by atomic mass is 35.5. The minimum atomic E-state index is -0.291. The molecule has 1 aromatic carbocycles. The second kappa shape index (κ2) is 8.56. The van der Waals surface area contributed by atoms with Crippen LogP contribution in [0.25, 0.3) is 0 Å². The van der Waals surface area contributed by atoms with Crippen molar-refractivity contribution < 1.29 is 9.59 Å². The monoisotopic (exact) mass is 342 g/mol. The second-order valence-electron chi connectivity index (χ2n) is 5.73. The Balaban J connectivity index is 0.00000242. The van der Waals surface area contributed by atoms with E-state index >= 15 is 0 Å². The summed E-state index contributed by atoms with van der Waals surface area (Å²) in [6.45, 7) is 2.46. The normalized spacial score (nSPS) is 16.3. The fourth-order valence-corrected chi connectivity index (χ4v) is 3.05. The molecule has 2 rings (SSSR count). The molecule has 1 aliphatic rings. The van der Waals surface area contributed by atoms with Crippen molar-refractivity contribution in [3.8, 4) is 0 Å². The quantitative estimate of drug-likeness (QED) is 0.711. The largest absolute Gasteiger partial charge is 0.349 e. The highest BCUT2D eigenvalue weighted by Gasteiger charge is 2.41. The molecule has 0 bridgehead atoms. The van der Waals surface area contributed by atoms with Crippen molar-refractivity contribution in [2.45, 2.75) is 25.3 Å². The third-order valence-electron chi connectivity index (χ3n) is 3.89. The molecule has 0 heterocycles. The summed E-state index contributed by atoms with van der Waals surface area (Å²) in [4.78, 5) is 23.9. The SMILES string of the molecule is CC(CN)(NC(=O)CSCC(=O)c1ccccc1)C1CC1.Cl. The van der Waals surface area contributed by atoms with Gasteiger partial charge < -0.3 is 11.1 Å². The van der Waals surface area contributed by atoms with Crippen LogP contribution in [0.15, 0.2) is 30.3 Å². The predicted molar refractivity (Wildman–Crippen MR) is 93.7 cm³/mol. The van der Waals surface area contributed by atoms with Crippen molar-refractivity contribution >= 4 is 35.9 Å². The van der Waals surface area contributed by atoms with E-state index in [-0.39, 0.29) is 29.6 Å². The number of halogens is 1. The van der Waals surface area contributed by atoms with E-state index in [4.69, 9.17) is 5.73 Å². The summed E-state index contributed by atoms with van der Waals surface area (Å²) in [7, 11) is 0. The number of carbonyl (C=O) groups is 2. The molecule has 22 heavy (non-hydrogen) atoms. The zero-order chi connectivity index (χ0) is 15.3. The Morgan fingerprint density at radius 2 is 1.91 bits per heavy atom. The van der Waals surface area contributed by atoms with Gasteiger partial charge in [0.25, 0.3) is 0 Å². The number of carbonyl (C=O) groups excluding carboxylic acids is 2. The predicted octanol–water partition coefficient (Wildman–Crippen LogP) is 2.27. The fraction of sp³-hybridized carbons (Fsp3) is 0.500. The van der Waals surface area contributed by atoms with E-state index in [0.29, 0.717) is 29.5 Å². The molecule has 0 spiro atoms. The van der Waals surface area contributed by atoms with Gasteiger partial charge in [0.1, 0.15) is 0 Å². The van der Waals surface area contributed by atoms with Crippen molar-refractivity contribution in [1.29, 1.82) is 0 Å². The van der Waals surface area contributed by atoms with E-state index in [1.54, 1.807) is 12.1 Å². The number of nitrogens with two attached hydrogens (primary N) is 1. The van der Waals surface area contributed by atoms with Crippen LogP contribution in [0.5, 0.6) is 0 Å². The van der Waals surface area contributed by atoms with Crippen LogP contribution in [0.1, 0.15) is 30.1 Å². The van der Waals surface area contributed by atoms with Crippen LogP contribution in [-0.4, -0.2) is 35.3 Å². The molecule has 1 unspecified atom stereocenters. The zero-order valence-corrected chi connectivity index (χ0v) is 14.3. The molecular weight excluding hydrogens is 320 g/mol. The Kier molecular flexibility index (Phi) is 7.39. The molecule has 3 N–H and O–H groups in total. The molecule has 4 nitrogen and oxygen atoms in total. The van der Waals surface area contributed by atoms with E-state index < -0.39 is 0 Å². The van der Waals surface area contributed by atoms with Gasteiger partial charge >= 0.3 is 0 Å². The van der Waals surface area contributed by atoms with Gasteiger partial charge in [-0.2, -0.15) is 0 Å². The fourth-order valence-electron chi connectivity index (χ4n) is 2.34. The molecule has 0 aliphatic heterocycles. The van der Waals surface area contributed by atoms with Crippen molar-refractivity contribution in [1.82, 2.24) is 5.32 Å². The van der Waals surface area contributed by atoms with Crippen LogP contribution < -0.4 is 11.1 Å². The summed E-state index contributed by atoms with van der Waals surface area (Å²) in [6.07, 6.45) is 2.27. The number of hydrogen-bond donors (Lipinski definition) is 2. The average molecular weight is 343 g/mol. The summed E-state index contributed by atoms with van der Waals surface area (Å²) < 4.78 is 0. The molecule has 1 amide bonds. The molecule has 1 aliphatic carbocycles. The van der Waals surface area contributed by atoms with Crippen molar-refractivity contribution in [2.75, 3.05) is 18.1 Å². The molecular formula is C16H23ClN2O2S. The van der Waals surface area contributed by atoms with Crippen LogP contribution in [0.4, 0.5) is 0 Å². The summed E-state index contributed by atoms with van der Waals surface area (Å²) in [6, 6.07) is 9.14. The number of amides is 1. The molecule has 0 radical (unpaired) electrons. The Labute approximate surface area is 142 Å². The maximum absolute atomic E-state index is 12.0. The van der Waals surface area contributed by atoms with Gasteiger partial charge in [0.15, 0.2) is 5.78 Å². The van der Waals surface area contributed by atoms with E-state index in [0.717, 1.165) is 12.8 Å². The molecule has 1 aromatic rings. The molecule has 0 saturated heterocycles. The average Bonchev–Trinajstić information content (AvgIpc) is 3.33. The second-order valence-corrected chi connectivity index (χ2v) is 6.71. The lowest BCUT2D eigenvalue weighted by Crippen LogP contribution is -2.53. The summed E-state index contributed by atoms with van der Waals surface area (Å²) in [5, 5.41) is 3.02. The Morgan fingerprint density at radius 1 is 1.27 bits per heavy atom. The Morgan fingerprint density at radius 3 is 2.45 bits per heavy atom. The van der Waals surface area contributed by atoms with Gasteiger partial charge in [0.05, 0.1) is 17.0 Å². The van der Waals surface area contributed by atoms with Gasteiger partial charge in [-0.1, -0.05) is 30.3 Å². The van der Waals surface area contributed by atoms with Gasteiger partial charge in [-0.3, -0.25) is 9.59 Å². The van der Waals surface area contributed by atoms with Crippen LogP contribution >= 0.6 is 24.2 Å². The number of thioether (sulfide) groups is 1. The number of rotatable bonds is 8. The minimum absolute atomic E-state index is 0. The molecule has 1 saturated carbocycles. The number of hydrogen-bond acceptors (Lipinski definition) is 4. The topological polar surface area (TPSA) is 72.2 Å². The summed E-state index contributed by atoms with van der Waals surface area (Å²) in [5.41, 5.74) is 6.17. The third kappa shape index (κ3) is 5.30.